The van der Waals surface area contributed by atoms with Crippen molar-refractivity contribution in [1.82, 2.24) is 15.5 Å². The first kappa shape index (κ1) is 12.8. The molecule has 5 nitrogen and oxygen atoms in total. The first-order valence-corrected chi connectivity index (χ1v) is 7.62. The number of hydrogen-bond donors (Lipinski definition) is 1. The van der Waals surface area contributed by atoms with Gasteiger partial charge in [0, 0.05) is 6.42 Å². The SMILES string of the molecule is c1ccc2c(c1)CC(c1noc(CC3CCNC3)n1)CO2. The molecule has 1 fully saturated rings. The van der Waals surface area contributed by atoms with Crippen LogP contribution in [0.4, 0.5) is 0 Å². The molecule has 0 aliphatic carbocycles. The van der Waals surface area contributed by atoms with Crippen LogP contribution in [-0.4, -0.2) is 29.8 Å². The van der Waals surface area contributed by atoms with Gasteiger partial charge in [0.1, 0.15) is 5.75 Å². The first-order chi connectivity index (χ1) is 10.4. The summed E-state index contributed by atoms with van der Waals surface area (Å²) in [6.07, 6.45) is 2.99. The van der Waals surface area contributed by atoms with E-state index in [0.29, 0.717) is 12.5 Å². The van der Waals surface area contributed by atoms with Gasteiger partial charge in [0.2, 0.25) is 5.89 Å². The zero-order valence-electron chi connectivity index (χ0n) is 11.9. The second-order valence-electron chi connectivity index (χ2n) is 5.93. The summed E-state index contributed by atoms with van der Waals surface area (Å²) >= 11 is 0. The van der Waals surface area contributed by atoms with Crippen LogP contribution in [0, 0.1) is 5.92 Å². The third kappa shape index (κ3) is 2.65. The molecule has 0 radical (unpaired) electrons. The molecule has 0 saturated carbocycles. The van der Waals surface area contributed by atoms with Gasteiger partial charge in [-0.3, -0.25) is 0 Å². The van der Waals surface area contributed by atoms with E-state index in [-0.39, 0.29) is 5.92 Å². The monoisotopic (exact) mass is 285 g/mol. The van der Waals surface area contributed by atoms with Crippen molar-refractivity contribution in [3.63, 3.8) is 0 Å². The zero-order valence-corrected chi connectivity index (χ0v) is 11.9. The van der Waals surface area contributed by atoms with Crippen LogP contribution in [0.15, 0.2) is 28.8 Å². The molecule has 2 aliphatic rings. The molecule has 0 spiro atoms. The summed E-state index contributed by atoms with van der Waals surface area (Å²) in [5, 5.41) is 7.53. The molecule has 2 atom stereocenters. The van der Waals surface area contributed by atoms with Crippen molar-refractivity contribution in [1.29, 1.82) is 0 Å². The maximum atomic E-state index is 5.80. The topological polar surface area (TPSA) is 60.2 Å². The molecular formula is C16H19N3O2. The van der Waals surface area contributed by atoms with Crippen LogP contribution in [0.3, 0.4) is 0 Å². The van der Waals surface area contributed by atoms with E-state index in [4.69, 9.17) is 9.26 Å². The number of nitrogens with one attached hydrogen (secondary N) is 1. The second-order valence-corrected chi connectivity index (χ2v) is 5.93. The maximum Gasteiger partial charge on any atom is 0.226 e. The molecule has 110 valence electrons. The summed E-state index contributed by atoms with van der Waals surface area (Å²) < 4.78 is 11.2. The Bertz CT molecular complexity index is 619. The second kappa shape index (κ2) is 5.48. The number of para-hydroxylation sites is 1. The number of ether oxygens (including phenoxy) is 1. The van der Waals surface area contributed by atoms with E-state index in [1.54, 1.807) is 0 Å². The molecule has 2 aliphatic heterocycles. The Morgan fingerprint density at radius 3 is 3.14 bits per heavy atom. The minimum absolute atomic E-state index is 0.194. The van der Waals surface area contributed by atoms with Crippen LogP contribution in [-0.2, 0) is 12.8 Å². The quantitative estimate of drug-likeness (QED) is 0.934. The first-order valence-electron chi connectivity index (χ1n) is 7.62. The smallest absolute Gasteiger partial charge is 0.226 e. The number of benzene rings is 1. The molecule has 3 heterocycles. The highest BCUT2D eigenvalue weighted by atomic mass is 16.5. The van der Waals surface area contributed by atoms with Gasteiger partial charge in [0.15, 0.2) is 5.82 Å². The number of hydrogen-bond acceptors (Lipinski definition) is 5. The molecule has 0 amide bonds. The average molecular weight is 285 g/mol. The summed E-state index contributed by atoms with van der Waals surface area (Å²) in [7, 11) is 0. The Morgan fingerprint density at radius 1 is 1.29 bits per heavy atom. The molecule has 2 aromatic rings. The van der Waals surface area contributed by atoms with Gasteiger partial charge in [0.25, 0.3) is 0 Å². The van der Waals surface area contributed by atoms with Crippen LogP contribution in [0.5, 0.6) is 5.75 Å². The molecule has 1 aromatic heterocycles. The van der Waals surface area contributed by atoms with Gasteiger partial charge in [0.05, 0.1) is 12.5 Å². The minimum Gasteiger partial charge on any atom is -0.493 e. The van der Waals surface area contributed by atoms with E-state index >= 15 is 0 Å². The Hall–Kier alpha value is -1.88. The normalized spacial score (nSPS) is 24.6. The van der Waals surface area contributed by atoms with Gasteiger partial charge < -0.3 is 14.6 Å². The van der Waals surface area contributed by atoms with E-state index in [9.17, 15) is 0 Å². The minimum atomic E-state index is 0.194. The van der Waals surface area contributed by atoms with Gasteiger partial charge in [-0.25, -0.2) is 0 Å². The number of rotatable bonds is 3. The van der Waals surface area contributed by atoms with Crippen molar-refractivity contribution < 1.29 is 9.26 Å². The highest BCUT2D eigenvalue weighted by Gasteiger charge is 2.26. The van der Waals surface area contributed by atoms with E-state index in [2.05, 4.69) is 21.5 Å². The van der Waals surface area contributed by atoms with Gasteiger partial charge in [-0.2, -0.15) is 4.98 Å². The van der Waals surface area contributed by atoms with Crippen molar-refractivity contribution in [2.45, 2.75) is 25.2 Å². The average Bonchev–Trinajstić information content (AvgIpc) is 3.19. The molecule has 5 heteroatoms. The predicted molar refractivity (Wildman–Crippen MR) is 77.4 cm³/mol. The third-order valence-corrected chi connectivity index (χ3v) is 4.35. The van der Waals surface area contributed by atoms with Crippen LogP contribution in [0.25, 0.3) is 0 Å². The molecule has 4 rings (SSSR count). The van der Waals surface area contributed by atoms with E-state index in [0.717, 1.165) is 43.4 Å². The van der Waals surface area contributed by atoms with Crippen molar-refractivity contribution >= 4 is 0 Å². The van der Waals surface area contributed by atoms with Crippen molar-refractivity contribution in [2.24, 2.45) is 5.92 Å². The fourth-order valence-corrected chi connectivity index (χ4v) is 3.15. The van der Waals surface area contributed by atoms with Crippen molar-refractivity contribution in [3.8, 4) is 5.75 Å². The summed E-state index contributed by atoms with van der Waals surface area (Å²) in [6.45, 7) is 2.78. The van der Waals surface area contributed by atoms with Gasteiger partial charge in [-0.05, 0) is 43.5 Å². The Morgan fingerprint density at radius 2 is 2.24 bits per heavy atom. The predicted octanol–water partition coefficient (Wildman–Crippen LogP) is 1.94. The van der Waals surface area contributed by atoms with Crippen LogP contribution in [0.1, 0.15) is 29.6 Å². The number of nitrogens with zero attached hydrogens (tertiary/aromatic N) is 2. The maximum absolute atomic E-state index is 5.80. The summed E-state index contributed by atoms with van der Waals surface area (Å²) in [5.74, 6) is 3.35. The Kier molecular flexibility index (Phi) is 3.35. The highest BCUT2D eigenvalue weighted by molar-refractivity contribution is 5.36. The van der Waals surface area contributed by atoms with E-state index in [1.807, 2.05) is 18.2 Å². The van der Waals surface area contributed by atoms with Gasteiger partial charge in [-0.1, -0.05) is 23.4 Å². The standard InChI is InChI=1S/C16H19N3O2/c1-2-4-14-12(3-1)8-13(10-20-14)16-18-15(21-19-16)7-11-5-6-17-9-11/h1-4,11,13,17H,5-10H2. The molecule has 2 unspecified atom stereocenters. The molecule has 1 N–H and O–H groups in total. The molecule has 21 heavy (non-hydrogen) atoms. The summed E-state index contributed by atoms with van der Waals surface area (Å²) in [5.41, 5.74) is 1.22. The Labute approximate surface area is 123 Å². The lowest BCUT2D eigenvalue weighted by molar-refractivity contribution is 0.253. The summed E-state index contributed by atoms with van der Waals surface area (Å²) in [4.78, 5) is 4.58. The van der Waals surface area contributed by atoms with Crippen LogP contribution in [0.2, 0.25) is 0 Å². The largest absolute Gasteiger partial charge is 0.493 e. The Balaban J connectivity index is 1.46. The lowest BCUT2D eigenvalue weighted by Crippen LogP contribution is -2.20. The molecule has 1 saturated heterocycles. The van der Waals surface area contributed by atoms with E-state index in [1.165, 1.54) is 12.0 Å². The zero-order chi connectivity index (χ0) is 14.1. The fraction of sp³-hybridized carbons (Fsp3) is 0.500. The lowest BCUT2D eigenvalue weighted by atomic mass is 9.96. The van der Waals surface area contributed by atoms with Gasteiger partial charge in [-0.15, -0.1) is 0 Å². The summed E-state index contributed by atoms with van der Waals surface area (Å²) in [6, 6.07) is 8.16. The lowest BCUT2D eigenvalue weighted by Gasteiger charge is -2.22. The van der Waals surface area contributed by atoms with Gasteiger partial charge >= 0.3 is 0 Å². The van der Waals surface area contributed by atoms with E-state index < -0.39 is 0 Å². The third-order valence-electron chi connectivity index (χ3n) is 4.35. The highest BCUT2D eigenvalue weighted by Crippen LogP contribution is 2.31. The molecular weight excluding hydrogens is 266 g/mol. The van der Waals surface area contributed by atoms with Crippen LogP contribution >= 0.6 is 0 Å². The van der Waals surface area contributed by atoms with Crippen LogP contribution < -0.4 is 10.1 Å². The molecule has 1 aromatic carbocycles. The molecule has 0 bridgehead atoms. The van der Waals surface area contributed by atoms with Crippen molar-refractivity contribution in [3.05, 3.63) is 41.5 Å². The van der Waals surface area contributed by atoms with Crippen molar-refractivity contribution in [2.75, 3.05) is 19.7 Å². The number of fused-ring (bicyclic) bond motifs is 1. The fourth-order valence-electron chi connectivity index (χ4n) is 3.15. The number of aromatic nitrogens is 2.